The SMILES string of the molecule is CCC(CN)C(=O)NC(C)Cc1c(F)cccc1F. The van der Waals surface area contributed by atoms with Crippen LogP contribution in [-0.4, -0.2) is 18.5 Å². The second-order valence-corrected chi connectivity index (χ2v) is 4.65. The van der Waals surface area contributed by atoms with Crippen molar-refractivity contribution >= 4 is 5.91 Å². The van der Waals surface area contributed by atoms with Crippen LogP contribution in [0.3, 0.4) is 0 Å². The van der Waals surface area contributed by atoms with Crippen LogP contribution >= 0.6 is 0 Å². The highest BCUT2D eigenvalue weighted by Crippen LogP contribution is 2.14. The van der Waals surface area contributed by atoms with Crippen LogP contribution in [0.4, 0.5) is 8.78 Å². The molecule has 2 unspecified atom stereocenters. The third kappa shape index (κ3) is 4.28. The molecule has 3 nitrogen and oxygen atoms in total. The first-order chi connectivity index (χ1) is 8.99. The lowest BCUT2D eigenvalue weighted by Crippen LogP contribution is -2.40. The standard InChI is InChI=1S/C14H20F2N2O/c1-3-10(8-17)14(19)18-9(2)7-11-12(15)5-4-6-13(11)16/h4-6,9-10H,3,7-8,17H2,1-2H3,(H,18,19). The molecule has 1 rings (SSSR count). The van der Waals surface area contributed by atoms with Crippen molar-refractivity contribution in [3.63, 3.8) is 0 Å². The van der Waals surface area contributed by atoms with E-state index in [1.54, 1.807) is 6.92 Å². The Balaban J connectivity index is 2.65. The van der Waals surface area contributed by atoms with Gasteiger partial charge in [-0.2, -0.15) is 0 Å². The second-order valence-electron chi connectivity index (χ2n) is 4.65. The van der Waals surface area contributed by atoms with Crippen molar-refractivity contribution < 1.29 is 13.6 Å². The lowest BCUT2D eigenvalue weighted by Gasteiger charge is -2.18. The number of hydrogen-bond acceptors (Lipinski definition) is 2. The molecular weight excluding hydrogens is 250 g/mol. The molecule has 0 fully saturated rings. The van der Waals surface area contributed by atoms with Crippen molar-refractivity contribution in [2.24, 2.45) is 11.7 Å². The zero-order chi connectivity index (χ0) is 14.4. The van der Waals surface area contributed by atoms with Crippen LogP contribution in [0.15, 0.2) is 18.2 Å². The molecule has 106 valence electrons. The van der Waals surface area contributed by atoms with Gasteiger partial charge in [0.15, 0.2) is 0 Å². The van der Waals surface area contributed by atoms with Crippen LogP contribution in [0.25, 0.3) is 0 Å². The molecule has 0 aliphatic rings. The van der Waals surface area contributed by atoms with Crippen molar-refractivity contribution in [1.29, 1.82) is 0 Å². The maximum absolute atomic E-state index is 13.5. The summed E-state index contributed by atoms with van der Waals surface area (Å²) in [5.74, 6) is -1.61. The summed E-state index contributed by atoms with van der Waals surface area (Å²) in [6.07, 6.45) is 0.758. The first-order valence-electron chi connectivity index (χ1n) is 6.42. The lowest BCUT2D eigenvalue weighted by atomic mass is 10.0. The van der Waals surface area contributed by atoms with E-state index >= 15 is 0 Å². The van der Waals surface area contributed by atoms with Crippen LogP contribution < -0.4 is 11.1 Å². The molecular formula is C14H20F2N2O. The first-order valence-corrected chi connectivity index (χ1v) is 6.42. The maximum Gasteiger partial charge on any atom is 0.224 e. The van der Waals surface area contributed by atoms with Gasteiger partial charge in [0.1, 0.15) is 11.6 Å². The summed E-state index contributed by atoms with van der Waals surface area (Å²) in [4.78, 5) is 11.8. The van der Waals surface area contributed by atoms with Crippen molar-refractivity contribution in [2.45, 2.75) is 32.7 Å². The van der Waals surface area contributed by atoms with E-state index in [4.69, 9.17) is 5.73 Å². The molecule has 0 heterocycles. The Kier molecular flexibility index (Phi) is 5.89. The van der Waals surface area contributed by atoms with E-state index in [9.17, 15) is 13.6 Å². The summed E-state index contributed by atoms with van der Waals surface area (Å²) < 4.78 is 26.9. The number of hydrogen-bond donors (Lipinski definition) is 2. The number of nitrogens with two attached hydrogens (primary N) is 1. The van der Waals surface area contributed by atoms with Gasteiger partial charge in [-0.05, 0) is 31.9 Å². The highest BCUT2D eigenvalue weighted by Gasteiger charge is 2.18. The van der Waals surface area contributed by atoms with E-state index in [1.165, 1.54) is 18.2 Å². The topological polar surface area (TPSA) is 55.1 Å². The molecule has 0 aliphatic heterocycles. The third-order valence-electron chi connectivity index (χ3n) is 3.11. The predicted octanol–water partition coefficient (Wildman–Crippen LogP) is 2.00. The number of halogens is 2. The summed E-state index contributed by atoms with van der Waals surface area (Å²) >= 11 is 0. The fourth-order valence-electron chi connectivity index (χ4n) is 1.90. The van der Waals surface area contributed by atoms with Crippen LogP contribution in [0.5, 0.6) is 0 Å². The Hall–Kier alpha value is -1.49. The zero-order valence-corrected chi connectivity index (χ0v) is 11.2. The summed E-state index contributed by atoms with van der Waals surface area (Å²) in [6.45, 7) is 3.86. The second kappa shape index (κ2) is 7.19. The van der Waals surface area contributed by atoms with Crippen molar-refractivity contribution in [2.75, 3.05) is 6.54 Å². The van der Waals surface area contributed by atoms with Crippen molar-refractivity contribution in [1.82, 2.24) is 5.32 Å². The van der Waals surface area contributed by atoms with Gasteiger partial charge in [0.25, 0.3) is 0 Å². The van der Waals surface area contributed by atoms with Gasteiger partial charge in [0.05, 0.1) is 0 Å². The number of carbonyl (C=O) groups is 1. The van der Waals surface area contributed by atoms with Gasteiger partial charge in [-0.25, -0.2) is 8.78 Å². The average Bonchev–Trinajstić information content (AvgIpc) is 2.35. The molecule has 1 aromatic carbocycles. The van der Waals surface area contributed by atoms with Gasteiger partial charge in [0, 0.05) is 24.1 Å². The van der Waals surface area contributed by atoms with E-state index in [0.29, 0.717) is 6.42 Å². The first kappa shape index (κ1) is 15.6. The lowest BCUT2D eigenvalue weighted by molar-refractivity contribution is -0.125. The molecule has 0 radical (unpaired) electrons. The van der Waals surface area contributed by atoms with Crippen LogP contribution in [0, 0.1) is 17.6 Å². The summed E-state index contributed by atoms with van der Waals surface area (Å²) in [5, 5.41) is 2.73. The largest absolute Gasteiger partial charge is 0.353 e. The molecule has 0 aromatic heterocycles. The minimum absolute atomic E-state index is 0.00361. The van der Waals surface area contributed by atoms with Crippen LogP contribution in [-0.2, 0) is 11.2 Å². The van der Waals surface area contributed by atoms with E-state index < -0.39 is 11.6 Å². The minimum Gasteiger partial charge on any atom is -0.353 e. The number of benzene rings is 1. The molecule has 0 saturated heterocycles. The van der Waals surface area contributed by atoms with Gasteiger partial charge >= 0.3 is 0 Å². The molecule has 0 spiro atoms. The van der Waals surface area contributed by atoms with E-state index in [2.05, 4.69) is 5.32 Å². The Morgan fingerprint density at radius 1 is 1.37 bits per heavy atom. The highest BCUT2D eigenvalue weighted by molar-refractivity contribution is 5.79. The minimum atomic E-state index is -0.591. The molecule has 1 aromatic rings. The molecule has 5 heteroatoms. The summed E-state index contributed by atoms with van der Waals surface area (Å²) in [7, 11) is 0. The van der Waals surface area contributed by atoms with Gasteiger partial charge in [-0.3, -0.25) is 4.79 Å². The van der Waals surface area contributed by atoms with Gasteiger partial charge in [0.2, 0.25) is 5.91 Å². The summed E-state index contributed by atoms with van der Waals surface area (Å²) in [6, 6.07) is 3.39. The Labute approximate surface area is 112 Å². The van der Waals surface area contributed by atoms with E-state index in [0.717, 1.165) is 0 Å². The van der Waals surface area contributed by atoms with Crippen molar-refractivity contribution in [3.8, 4) is 0 Å². The smallest absolute Gasteiger partial charge is 0.224 e. The van der Waals surface area contributed by atoms with Gasteiger partial charge in [-0.1, -0.05) is 13.0 Å². The fraction of sp³-hybridized carbons (Fsp3) is 0.500. The molecule has 1 amide bonds. The average molecular weight is 270 g/mol. The van der Waals surface area contributed by atoms with Crippen LogP contribution in [0.1, 0.15) is 25.8 Å². The third-order valence-corrected chi connectivity index (χ3v) is 3.11. The summed E-state index contributed by atoms with van der Waals surface area (Å²) in [5.41, 5.74) is 5.48. The molecule has 19 heavy (non-hydrogen) atoms. The Morgan fingerprint density at radius 3 is 2.42 bits per heavy atom. The maximum atomic E-state index is 13.5. The van der Waals surface area contributed by atoms with Gasteiger partial charge < -0.3 is 11.1 Å². The molecule has 0 saturated carbocycles. The molecule has 3 N–H and O–H groups in total. The number of nitrogens with one attached hydrogen (secondary N) is 1. The zero-order valence-electron chi connectivity index (χ0n) is 11.2. The monoisotopic (exact) mass is 270 g/mol. The Bertz CT molecular complexity index is 413. The number of carbonyl (C=O) groups excluding carboxylic acids is 1. The van der Waals surface area contributed by atoms with Crippen molar-refractivity contribution in [3.05, 3.63) is 35.4 Å². The highest BCUT2D eigenvalue weighted by atomic mass is 19.1. The fourth-order valence-corrected chi connectivity index (χ4v) is 1.90. The normalized spacial score (nSPS) is 13.9. The van der Waals surface area contributed by atoms with E-state index in [-0.39, 0.29) is 36.4 Å². The number of amides is 1. The van der Waals surface area contributed by atoms with Crippen LogP contribution in [0.2, 0.25) is 0 Å². The quantitative estimate of drug-likeness (QED) is 0.830. The molecule has 0 bridgehead atoms. The molecule has 0 aliphatic carbocycles. The molecule has 2 atom stereocenters. The Morgan fingerprint density at radius 2 is 1.95 bits per heavy atom. The van der Waals surface area contributed by atoms with E-state index in [1.807, 2.05) is 6.92 Å². The van der Waals surface area contributed by atoms with Gasteiger partial charge in [-0.15, -0.1) is 0 Å². The predicted molar refractivity (Wildman–Crippen MR) is 70.5 cm³/mol. The number of rotatable bonds is 6.